The average Bonchev–Trinajstić information content (AvgIpc) is 2.19. The Hall–Kier alpha value is -1.29. The second-order valence-electron chi connectivity index (χ2n) is 2.87. The molecule has 0 saturated heterocycles. The van der Waals surface area contributed by atoms with Gasteiger partial charge in [0, 0.05) is 27.5 Å². The molecule has 1 N–H and O–H groups in total. The summed E-state index contributed by atoms with van der Waals surface area (Å²) < 4.78 is 6.07. The second kappa shape index (κ2) is 3.46. The fourth-order valence-corrected chi connectivity index (χ4v) is 1.84. The van der Waals surface area contributed by atoms with E-state index in [-0.39, 0.29) is 5.56 Å². The molecule has 2 aromatic rings. The number of aromatic amines is 1. The number of ether oxygens (including phenoxy) is 1. The van der Waals surface area contributed by atoms with Crippen LogP contribution < -0.4 is 10.3 Å². The maximum absolute atomic E-state index is 11.1. The van der Waals surface area contributed by atoms with Gasteiger partial charge in [0.05, 0.1) is 7.11 Å². The summed E-state index contributed by atoms with van der Waals surface area (Å²) in [5, 5.41) is 1.74. The van der Waals surface area contributed by atoms with E-state index >= 15 is 0 Å². The number of benzene rings is 1. The van der Waals surface area contributed by atoms with Gasteiger partial charge >= 0.3 is 0 Å². The summed E-state index contributed by atoms with van der Waals surface area (Å²) >= 11 is 3.39. The number of methoxy groups -OCH3 is 1. The maximum Gasteiger partial charge on any atom is 0.248 e. The van der Waals surface area contributed by atoms with Crippen molar-refractivity contribution in [2.24, 2.45) is 0 Å². The van der Waals surface area contributed by atoms with Gasteiger partial charge in [0.1, 0.15) is 5.75 Å². The summed E-state index contributed by atoms with van der Waals surface area (Å²) in [7, 11) is 1.60. The number of aromatic nitrogens is 1. The smallest absolute Gasteiger partial charge is 0.248 e. The molecule has 14 heavy (non-hydrogen) atoms. The Kier molecular flexibility index (Phi) is 2.29. The molecule has 0 spiro atoms. The Bertz CT molecular complexity index is 533. The first kappa shape index (κ1) is 9.27. The third kappa shape index (κ3) is 1.42. The first-order valence-electron chi connectivity index (χ1n) is 4.07. The zero-order valence-electron chi connectivity index (χ0n) is 7.50. The molecule has 0 bridgehead atoms. The van der Waals surface area contributed by atoms with E-state index in [1.165, 1.54) is 0 Å². The molecule has 1 aromatic carbocycles. The van der Waals surface area contributed by atoms with Crippen LogP contribution >= 0.6 is 15.9 Å². The molecule has 0 saturated carbocycles. The lowest BCUT2D eigenvalue weighted by molar-refractivity contribution is 0.419. The summed E-state index contributed by atoms with van der Waals surface area (Å²) in [5.74, 6) is 0.749. The summed E-state index contributed by atoms with van der Waals surface area (Å²) in [6.07, 6.45) is 1.65. The number of hydrogen-bond acceptors (Lipinski definition) is 2. The number of pyridine rings is 1. The van der Waals surface area contributed by atoms with Crippen molar-refractivity contribution in [3.63, 3.8) is 0 Å². The first-order chi connectivity index (χ1) is 6.72. The van der Waals surface area contributed by atoms with Crippen LogP contribution in [0.3, 0.4) is 0 Å². The molecule has 0 aliphatic rings. The largest absolute Gasteiger partial charge is 0.496 e. The molecule has 0 amide bonds. The highest BCUT2D eigenvalue weighted by Crippen LogP contribution is 2.29. The minimum absolute atomic E-state index is 0.119. The number of nitrogens with one attached hydrogen (secondary N) is 1. The number of rotatable bonds is 1. The lowest BCUT2D eigenvalue weighted by Crippen LogP contribution is -2.02. The molecule has 72 valence electrons. The lowest BCUT2D eigenvalue weighted by atomic mass is 10.1. The molecule has 1 aromatic heterocycles. The Morgan fingerprint density at radius 3 is 2.86 bits per heavy atom. The van der Waals surface area contributed by atoms with Crippen molar-refractivity contribution >= 4 is 26.7 Å². The van der Waals surface area contributed by atoms with Crippen LogP contribution in [0, 0.1) is 0 Å². The van der Waals surface area contributed by atoms with E-state index in [1.807, 2.05) is 12.1 Å². The van der Waals surface area contributed by atoms with Gasteiger partial charge in [-0.2, -0.15) is 0 Å². The number of hydrogen-bond donors (Lipinski definition) is 1. The number of halogens is 1. The maximum atomic E-state index is 11.1. The molecule has 0 fully saturated rings. The van der Waals surface area contributed by atoms with E-state index in [4.69, 9.17) is 4.74 Å². The molecule has 0 atom stereocenters. The molecule has 0 radical (unpaired) electrons. The van der Waals surface area contributed by atoms with Gasteiger partial charge in [-0.25, -0.2) is 0 Å². The SMILES string of the molecule is COc1ccc(Br)c2cc(=O)[nH]cc12. The van der Waals surface area contributed by atoms with E-state index in [9.17, 15) is 4.79 Å². The molecule has 2 rings (SSSR count). The van der Waals surface area contributed by atoms with Gasteiger partial charge in [-0.15, -0.1) is 0 Å². The van der Waals surface area contributed by atoms with Crippen molar-refractivity contribution in [1.82, 2.24) is 4.98 Å². The molecule has 0 unspecified atom stereocenters. The van der Waals surface area contributed by atoms with Crippen LogP contribution in [0.15, 0.2) is 33.7 Å². The highest BCUT2D eigenvalue weighted by molar-refractivity contribution is 9.10. The van der Waals surface area contributed by atoms with Crippen molar-refractivity contribution < 1.29 is 4.74 Å². The van der Waals surface area contributed by atoms with Gasteiger partial charge in [-0.3, -0.25) is 4.79 Å². The summed E-state index contributed by atoms with van der Waals surface area (Å²) in [5.41, 5.74) is -0.119. The second-order valence-corrected chi connectivity index (χ2v) is 3.73. The fourth-order valence-electron chi connectivity index (χ4n) is 1.38. The zero-order valence-corrected chi connectivity index (χ0v) is 9.09. The third-order valence-electron chi connectivity index (χ3n) is 2.05. The van der Waals surface area contributed by atoms with Gasteiger partial charge in [-0.1, -0.05) is 15.9 Å². The number of fused-ring (bicyclic) bond motifs is 1. The summed E-state index contributed by atoms with van der Waals surface area (Å²) in [6, 6.07) is 5.26. The van der Waals surface area contributed by atoms with E-state index in [0.717, 1.165) is 21.0 Å². The Morgan fingerprint density at radius 1 is 1.36 bits per heavy atom. The fraction of sp³-hybridized carbons (Fsp3) is 0.100. The molecular weight excluding hydrogens is 246 g/mol. The van der Waals surface area contributed by atoms with Gasteiger partial charge in [-0.05, 0) is 12.1 Å². The topological polar surface area (TPSA) is 42.1 Å². The molecule has 0 aliphatic heterocycles. The van der Waals surface area contributed by atoms with E-state index < -0.39 is 0 Å². The normalized spacial score (nSPS) is 10.4. The van der Waals surface area contributed by atoms with Crippen LogP contribution in [0.1, 0.15) is 0 Å². The quantitative estimate of drug-likeness (QED) is 0.848. The Morgan fingerprint density at radius 2 is 2.14 bits per heavy atom. The van der Waals surface area contributed by atoms with Crippen LogP contribution in [-0.4, -0.2) is 12.1 Å². The van der Waals surface area contributed by atoms with Crippen molar-refractivity contribution in [2.75, 3.05) is 7.11 Å². The van der Waals surface area contributed by atoms with Crippen molar-refractivity contribution in [2.45, 2.75) is 0 Å². The minimum Gasteiger partial charge on any atom is -0.496 e. The summed E-state index contributed by atoms with van der Waals surface area (Å²) in [6.45, 7) is 0. The Labute approximate surface area is 88.8 Å². The Balaban J connectivity index is 2.91. The van der Waals surface area contributed by atoms with Crippen LogP contribution in [0.5, 0.6) is 5.75 Å². The lowest BCUT2D eigenvalue weighted by Gasteiger charge is -2.05. The van der Waals surface area contributed by atoms with Crippen molar-refractivity contribution in [1.29, 1.82) is 0 Å². The van der Waals surface area contributed by atoms with Gasteiger partial charge < -0.3 is 9.72 Å². The van der Waals surface area contributed by atoms with Crippen LogP contribution in [0.4, 0.5) is 0 Å². The highest BCUT2D eigenvalue weighted by atomic mass is 79.9. The van der Waals surface area contributed by atoms with Crippen LogP contribution in [0.2, 0.25) is 0 Å². The molecule has 4 heteroatoms. The summed E-state index contributed by atoms with van der Waals surface area (Å²) in [4.78, 5) is 13.7. The molecule has 3 nitrogen and oxygen atoms in total. The monoisotopic (exact) mass is 253 g/mol. The zero-order chi connectivity index (χ0) is 10.1. The first-order valence-corrected chi connectivity index (χ1v) is 4.86. The third-order valence-corrected chi connectivity index (χ3v) is 2.74. The van der Waals surface area contributed by atoms with E-state index in [2.05, 4.69) is 20.9 Å². The van der Waals surface area contributed by atoms with Gasteiger partial charge in [0.2, 0.25) is 5.56 Å². The highest BCUT2D eigenvalue weighted by Gasteiger charge is 2.04. The minimum atomic E-state index is -0.119. The molecule has 0 aliphatic carbocycles. The standard InChI is InChI=1S/C10H8BrNO2/c1-14-9-3-2-8(11)6-4-10(13)12-5-7(6)9/h2-5H,1H3,(H,12,13). The van der Waals surface area contributed by atoms with Crippen LogP contribution in [0.25, 0.3) is 10.8 Å². The van der Waals surface area contributed by atoms with Gasteiger partial charge in [0.15, 0.2) is 0 Å². The van der Waals surface area contributed by atoms with Crippen LogP contribution in [-0.2, 0) is 0 Å². The molecule has 1 heterocycles. The van der Waals surface area contributed by atoms with E-state index in [0.29, 0.717) is 0 Å². The molecular formula is C10H8BrNO2. The predicted molar refractivity (Wildman–Crippen MR) is 58.8 cm³/mol. The van der Waals surface area contributed by atoms with E-state index in [1.54, 1.807) is 19.4 Å². The number of H-pyrrole nitrogens is 1. The van der Waals surface area contributed by atoms with Gasteiger partial charge in [0.25, 0.3) is 0 Å². The van der Waals surface area contributed by atoms with Crippen molar-refractivity contribution in [3.05, 3.63) is 39.2 Å². The predicted octanol–water partition coefficient (Wildman–Crippen LogP) is 2.30. The van der Waals surface area contributed by atoms with Crippen molar-refractivity contribution in [3.8, 4) is 5.75 Å². The average molecular weight is 254 g/mol.